The number of nitrogens with one attached hydrogen (secondary N) is 1. The van der Waals surface area contributed by atoms with E-state index in [1.165, 1.54) is 22.3 Å². The summed E-state index contributed by atoms with van der Waals surface area (Å²) in [7, 11) is 0. The maximum Gasteiger partial charge on any atom is 0.283 e. The highest BCUT2D eigenvalue weighted by Gasteiger charge is 2.35. The fraction of sp³-hybridized carbons (Fsp3) is 0.333. The Balaban J connectivity index is 1.67. The smallest absolute Gasteiger partial charge is 0.283 e. The number of fused-ring (bicyclic) bond motifs is 1. The zero-order chi connectivity index (χ0) is 23.0. The summed E-state index contributed by atoms with van der Waals surface area (Å²) in [6.45, 7) is 10.6. The lowest BCUT2D eigenvalue weighted by molar-refractivity contribution is -0.114. The van der Waals surface area contributed by atoms with E-state index in [-0.39, 0.29) is 11.4 Å². The lowest BCUT2D eigenvalue weighted by atomic mass is 9.98. The van der Waals surface area contributed by atoms with Crippen molar-refractivity contribution in [3.8, 4) is 5.69 Å². The number of rotatable bonds is 5. The molecule has 2 aliphatic heterocycles. The highest BCUT2D eigenvalue weighted by atomic mass is 32.2. The highest BCUT2D eigenvalue weighted by molar-refractivity contribution is 8.45. The molecule has 6 nitrogen and oxygen atoms in total. The molecule has 3 heterocycles. The first kappa shape index (κ1) is 22.6. The summed E-state index contributed by atoms with van der Waals surface area (Å²) >= 11 is 2.92. The molecule has 166 valence electrons. The number of carbonyl (C=O) groups is 1. The standard InChI is InChI=1S/C24H27N5OS2/c1-6-14(3)17-8-10-19(11-9-17)28-15(4)12-18(16(28)5)13-20-21(25)29-23(26-22(20)30)32-24(27-29)31-7-2/h8-14,25H,6-7H2,1-5H3/b20-13-,25-21?. The number of aromatic nitrogens is 1. The molecule has 2 aliphatic rings. The average Bonchev–Trinajstić information content (AvgIpc) is 3.30. The molecule has 1 atom stereocenters. The number of carbonyl (C=O) groups excluding carboxylic acids is 1. The fourth-order valence-corrected chi connectivity index (χ4v) is 5.66. The van der Waals surface area contributed by atoms with Crippen LogP contribution in [0, 0.1) is 19.3 Å². The quantitative estimate of drug-likeness (QED) is 0.555. The van der Waals surface area contributed by atoms with Crippen LogP contribution in [0.4, 0.5) is 0 Å². The predicted molar refractivity (Wildman–Crippen MR) is 137 cm³/mol. The molecule has 0 bridgehead atoms. The van der Waals surface area contributed by atoms with Crippen LogP contribution in [0.5, 0.6) is 0 Å². The molecule has 0 spiro atoms. The molecule has 1 aromatic heterocycles. The molecule has 1 amide bonds. The maximum atomic E-state index is 12.7. The number of hydrazone groups is 1. The molecule has 1 aromatic carbocycles. The number of aryl methyl sites for hydroxylation is 1. The van der Waals surface area contributed by atoms with Crippen LogP contribution in [0.3, 0.4) is 0 Å². The Bertz CT molecular complexity index is 1170. The van der Waals surface area contributed by atoms with Gasteiger partial charge in [-0.25, -0.2) is 0 Å². The Morgan fingerprint density at radius 2 is 1.94 bits per heavy atom. The molecular formula is C24H27N5OS2. The minimum Gasteiger partial charge on any atom is -0.318 e. The fourth-order valence-electron chi connectivity index (χ4n) is 3.83. The lowest BCUT2D eigenvalue weighted by Gasteiger charge is -2.20. The Morgan fingerprint density at radius 1 is 1.22 bits per heavy atom. The highest BCUT2D eigenvalue weighted by Crippen LogP contribution is 2.33. The van der Waals surface area contributed by atoms with Crippen LogP contribution in [-0.4, -0.2) is 36.6 Å². The monoisotopic (exact) mass is 465 g/mol. The van der Waals surface area contributed by atoms with Crippen molar-refractivity contribution in [3.05, 3.63) is 58.4 Å². The SMILES string of the molecule is CCSC1=NN2C(=N)/C(=C/c3cc(C)n(-c4ccc(C(C)CC)cc4)c3C)C(=O)N=C2S1. The van der Waals surface area contributed by atoms with E-state index in [1.807, 2.05) is 19.9 Å². The number of hydrogen-bond donors (Lipinski definition) is 1. The molecule has 1 N–H and O–H groups in total. The van der Waals surface area contributed by atoms with Crippen LogP contribution in [0.25, 0.3) is 11.8 Å². The predicted octanol–water partition coefficient (Wildman–Crippen LogP) is 5.94. The number of aliphatic imine (C=N–C) groups is 1. The van der Waals surface area contributed by atoms with Crippen LogP contribution in [0.2, 0.25) is 0 Å². The molecule has 0 aliphatic carbocycles. The molecule has 2 aromatic rings. The Morgan fingerprint density at radius 3 is 2.59 bits per heavy atom. The van der Waals surface area contributed by atoms with Gasteiger partial charge >= 0.3 is 0 Å². The van der Waals surface area contributed by atoms with Gasteiger partial charge < -0.3 is 4.57 Å². The van der Waals surface area contributed by atoms with Crippen molar-refractivity contribution in [3.63, 3.8) is 0 Å². The van der Waals surface area contributed by atoms with E-state index in [1.54, 1.807) is 17.8 Å². The van der Waals surface area contributed by atoms with Crippen LogP contribution in [0.1, 0.15) is 55.6 Å². The molecule has 8 heteroatoms. The van der Waals surface area contributed by atoms with Crippen molar-refractivity contribution >= 4 is 50.9 Å². The van der Waals surface area contributed by atoms with Gasteiger partial charge in [0.05, 0.1) is 5.57 Å². The first-order valence-electron chi connectivity index (χ1n) is 10.8. The summed E-state index contributed by atoms with van der Waals surface area (Å²) in [4.78, 5) is 16.9. The second-order valence-electron chi connectivity index (χ2n) is 7.88. The molecule has 32 heavy (non-hydrogen) atoms. The van der Waals surface area contributed by atoms with Crippen molar-refractivity contribution in [2.45, 2.75) is 47.0 Å². The Hall–Kier alpha value is -2.58. The number of nitrogens with zero attached hydrogens (tertiary/aromatic N) is 4. The van der Waals surface area contributed by atoms with Crippen molar-refractivity contribution in [2.24, 2.45) is 10.1 Å². The number of amidine groups is 2. The van der Waals surface area contributed by atoms with E-state index < -0.39 is 5.91 Å². The van der Waals surface area contributed by atoms with Gasteiger partial charge in [0.15, 0.2) is 10.2 Å². The molecule has 0 fully saturated rings. The molecule has 1 unspecified atom stereocenters. The summed E-state index contributed by atoms with van der Waals surface area (Å²) in [6.07, 6.45) is 2.88. The van der Waals surface area contributed by atoms with Crippen LogP contribution >= 0.6 is 23.5 Å². The van der Waals surface area contributed by atoms with Gasteiger partial charge in [0.25, 0.3) is 5.91 Å². The largest absolute Gasteiger partial charge is 0.318 e. The minimum absolute atomic E-state index is 0.0712. The van der Waals surface area contributed by atoms with E-state index >= 15 is 0 Å². The second kappa shape index (κ2) is 9.11. The zero-order valence-corrected chi connectivity index (χ0v) is 20.6. The number of hydrogen-bond acceptors (Lipinski definition) is 5. The molecule has 0 radical (unpaired) electrons. The van der Waals surface area contributed by atoms with Gasteiger partial charge in [-0.1, -0.05) is 44.7 Å². The number of benzene rings is 1. The molecule has 0 saturated carbocycles. The van der Waals surface area contributed by atoms with E-state index in [2.05, 4.69) is 59.7 Å². The third kappa shape index (κ3) is 4.09. The average molecular weight is 466 g/mol. The first-order valence-corrected chi connectivity index (χ1v) is 12.6. The van der Waals surface area contributed by atoms with E-state index in [0.29, 0.717) is 11.1 Å². The second-order valence-corrected chi connectivity index (χ2v) is 10.3. The minimum atomic E-state index is -0.394. The normalized spacial score (nSPS) is 18.2. The number of amides is 1. The molecule has 0 saturated heterocycles. The lowest BCUT2D eigenvalue weighted by Crippen LogP contribution is -2.35. The van der Waals surface area contributed by atoms with Gasteiger partial charge in [-0.15, -0.1) is 5.10 Å². The summed E-state index contributed by atoms with van der Waals surface area (Å²) < 4.78 is 2.99. The van der Waals surface area contributed by atoms with Gasteiger partial charge in [-0.2, -0.15) is 10.0 Å². The van der Waals surface area contributed by atoms with Gasteiger partial charge in [-0.05, 0) is 79.1 Å². The van der Waals surface area contributed by atoms with Crippen molar-refractivity contribution in [2.75, 3.05) is 5.75 Å². The van der Waals surface area contributed by atoms with Crippen LogP contribution < -0.4 is 0 Å². The summed E-state index contributed by atoms with van der Waals surface area (Å²) in [5.41, 5.74) is 5.67. The van der Waals surface area contributed by atoms with Gasteiger partial charge in [0, 0.05) is 17.1 Å². The summed E-state index contributed by atoms with van der Waals surface area (Å²) in [5, 5.41) is 14.9. The topological polar surface area (TPSA) is 73.8 Å². The molecular weight excluding hydrogens is 438 g/mol. The maximum absolute atomic E-state index is 12.7. The van der Waals surface area contributed by atoms with E-state index in [4.69, 9.17) is 5.41 Å². The Labute approximate surface area is 197 Å². The van der Waals surface area contributed by atoms with Crippen LogP contribution in [0.15, 0.2) is 46.0 Å². The number of thioether (sulfide) groups is 2. The van der Waals surface area contributed by atoms with Crippen molar-refractivity contribution in [1.29, 1.82) is 5.41 Å². The molecule has 4 rings (SSSR count). The van der Waals surface area contributed by atoms with Crippen molar-refractivity contribution < 1.29 is 4.79 Å². The Kier molecular flexibility index (Phi) is 6.44. The zero-order valence-electron chi connectivity index (χ0n) is 19.0. The summed E-state index contributed by atoms with van der Waals surface area (Å²) in [6, 6.07) is 10.7. The van der Waals surface area contributed by atoms with Crippen molar-refractivity contribution in [1.82, 2.24) is 9.58 Å². The first-order chi connectivity index (χ1) is 15.3. The van der Waals surface area contributed by atoms with Gasteiger partial charge in [0.1, 0.15) is 0 Å². The summed E-state index contributed by atoms with van der Waals surface area (Å²) in [5.74, 6) is 1.09. The van der Waals surface area contributed by atoms with E-state index in [0.717, 1.165) is 39.2 Å². The van der Waals surface area contributed by atoms with Crippen LogP contribution in [-0.2, 0) is 4.79 Å². The third-order valence-corrected chi connectivity index (χ3v) is 7.73. The van der Waals surface area contributed by atoms with Gasteiger partial charge in [0.2, 0.25) is 5.17 Å². The third-order valence-electron chi connectivity index (χ3n) is 5.81. The van der Waals surface area contributed by atoms with E-state index in [9.17, 15) is 4.79 Å². The van der Waals surface area contributed by atoms with Gasteiger partial charge in [-0.3, -0.25) is 10.2 Å².